The van der Waals surface area contributed by atoms with E-state index in [1.165, 1.54) is 5.56 Å². The molecule has 4 aromatic heterocycles. The minimum Gasteiger partial charge on any atom is -0.462 e. The van der Waals surface area contributed by atoms with E-state index in [1.54, 1.807) is 12.7 Å². The van der Waals surface area contributed by atoms with Gasteiger partial charge in [0.2, 0.25) is 0 Å². The predicted molar refractivity (Wildman–Crippen MR) is 157 cm³/mol. The molecule has 0 bridgehead atoms. The molecule has 0 radical (unpaired) electrons. The van der Waals surface area contributed by atoms with Gasteiger partial charge in [0.25, 0.3) is 0 Å². The van der Waals surface area contributed by atoms with E-state index in [0.29, 0.717) is 5.58 Å². The van der Waals surface area contributed by atoms with Crippen molar-refractivity contribution in [2.45, 2.75) is 13.8 Å². The van der Waals surface area contributed by atoms with E-state index in [2.05, 4.69) is 51.1 Å². The summed E-state index contributed by atoms with van der Waals surface area (Å²) in [6, 6.07) is 34.2. The Morgan fingerprint density at radius 1 is 0.595 bits per heavy atom. The van der Waals surface area contributed by atoms with Gasteiger partial charge in [-0.1, -0.05) is 38.1 Å². The number of nitrogens with zero attached hydrogens (tertiary/aromatic N) is 4. The minimum atomic E-state index is 0. The quantitative estimate of drug-likeness (QED) is 0.163. The van der Waals surface area contributed by atoms with Gasteiger partial charge in [-0.05, 0) is 24.3 Å². The third-order valence-electron chi connectivity index (χ3n) is 6.68. The molecule has 8 heteroatoms. The van der Waals surface area contributed by atoms with Crippen molar-refractivity contribution in [1.29, 1.82) is 0 Å². The van der Waals surface area contributed by atoms with Gasteiger partial charge in [0.1, 0.15) is 46.0 Å². The van der Waals surface area contributed by atoms with Gasteiger partial charge in [-0.25, -0.2) is 9.97 Å². The zero-order valence-electron chi connectivity index (χ0n) is 22.5. The topological polar surface area (TPSA) is 77.8 Å². The summed E-state index contributed by atoms with van der Waals surface area (Å²) in [5.74, 6) is 0. The number of para-hydroxylation sites is 2. The summed E-state index contributed by atoms with van der Waals surface area (Å²) in [5.41, 5.74) is 10.5. The first kappa shape index (κ1) is 29.5. The molecular weight excluding hydrogens is 887 g/mol. The number of aryl methyl sites for hydroxylation is 2. The van der Waals surface area contributed by atoms with Crippen molar-refractivity contribution < 1.29 is 51.0 Å². The van der Waals surface area contributed by atoms with Crippen molar-refractivity contribution in [3.05, 3.63) is 121 Å². The Morgan fingerprint density at radius 3 is 1.69 bits per heavy atom. The maximum atomic E-state index is 5.97. The molecule has 0 amide bonds. The van der Waals surface area contributed by atoms with Gasteiger partial charge in [-0.15, -0.1) is 70.8 Å². The molecule has 4 heterocycles. The first-order valence-corrected chi connectivity index (χ1v) is 12.9. The molecule has 42 heavy (non-hydrogen) atoms. The summed E-state index contributed by atoms with van der Waals surface area (Å²) >= 11 is 0. The molecule has 0 aliphatic rings. The summed E-state index contributed by atoms with van der Waals surface area (Å²) in [4.78, 5) is 17.5. The maximum Gasteiger partial charge on any atom is 0.138 e. The van der Waals surface area contributed by atoms with Crippen molar-refractivity contribution in [3.8, 4) is 22.5 Å². The number of hydrogen-bond donors (Lipinski definition) is 0. The first-order valence-electron chi connectivity index (χ1n) is 12.9. The Balaban J connectivity index is 0.000000161. The molecule has 0 unspecified atom stereocenters. The van der Waals surface area contributed by atoms with Crippen LogP contribution < -0.4 is 0 Å². The van der Waals surface area contributed by atoms with Crippen LogP contribution in [0.25, 0.3) is 66.7 Å². The summed E-state index contributed by atoms with van der Waals surface area (Å²) in [7, 11) is 0. The normalized spacial score (nSPS) is 10.7. The predicted octanol–water partition coefficient (Wildman–Crippen LogP) is 8.30. The molecule has 0 aliphatic heterocycles. The number of furan rings is 2. The van der Waals surface area contributed by atoms with Gasteiger partial charge in [-0.2, -0.15) is 0 Å². The third kappa shape index (κ3) is 5.45. The van der Waals surface area contributed by atoms with Crippen molar-refractivity contribution >= 4 is 44.1 Å². The molecular formula is C34H22N4O2Pt2-2. The van der Waals surface area contributed by atoms with E-state index in [4.69, 9.17) is 8.83 Å². The Kier molecular flexibility index (Phi) is 8.77. The van der Waals surface area contributed by atoms with Crippen molar-refractivity contribution in [1.82, 2.24) is 19.9 Å². The molecule has 0 atom stereocenters. The SMILES string of the molecule is Cc1[c-]c(-c2ncnc3c2oc2ccccc23)cc(C)c1.[Pt].[Pt].[c-]1ccccc1-c1ncnc2c1oc1ccccc12. The van der Waals surface area contributed by atoms with Crippen molar-refractivity contribution in [2.24, 2.45) is 0 Å². The first-order chi connectivity index (χ1) is 19.7. The Labute approximate surface area is 270 Å². The van der Waals surface area contributed by atoms with Crippen LogP contribution in [0.3, 0.4) is 0 Å². The van der Waals surface area contributed by atoms with Crippen molar-refractivity contribution in [3.63, 3.8) is 0 Å². The van der Waals surface area contributed by atoms with Crippen molar-refractivity contribution in [2.75, 3.05) is 0 Å². The van der Waals surface area contributed by atoms with Crippen LogP contribution in [-0.2, 0) is 42.1 Å². The van der Waals surface area contributed by atoms with Crippen LogP contribution in [-0.4, -0.2) is 19.9 Å². The van der Waals surface area contributed by atoms with Crippen LogP contribution in [0.1, 0.15) is 11.1 Å². The second kappa shape index (κ2) is 12.5. The number of rotatable bonds is 2. The molecule has 0 spiro atoms. The molecule has 8 aromatic rings. The van der Waals surface area contributed by atoms with E-state index in [1.807, 2.05) is 79.7 Å². The Morgan fingerprint density at radius 2 is 1.14 bits per heavy atom. The molecule has 6 nitrogen and oxygen atoms in total. The average Bonchev–Trinajstić information content (AvgIpc) is 3.56. The fraction of sp³-hybridized carbons (Fsp3) is 0.0588. The monoisotopic (exact) mass is 908 g/mol. The Hall–Kier alpha value is -3.98. The van der Waals surface area contributed by atoms with Crippen LogP contribution in [0.5, 0.6) is 0 Å². The summed E-state index contributed by atoms with van der Waals surface area (Å²) in [5, 5.41) is 2.03. The molecule has 0 N–H and O–H groups in total. The second-order valence-electron chi connectivity index (χ2n) is 9.53. The number of aromatic nitrogens is 4. The standard InChI is InChI=1S/C18H13N2O.C16H9N2O.2Pt/c1-11-7-12(2)9-13(8-11)16-18-17(20-10-19-16)14-5-3-4-6-15(14)21-18;1-2-6-11(7-3-1)14-16-15(18-10-17-14)12-8-4-5-9-13(12)19-16;;/h3-8,10H,1-2H3;1-6,8-10H;;/q2*-1;;. The van der Waals surface area contributed by atoms with E-state index in [-0.39, 0.29) is 42.1 Å². The van der Waals surface area contributed by atoms with Crippen LogP contribution in [0.4, 0.5) is 0 Å². The van der Waals surface area contributed by atoms with Crippen LogP contribution in [0, 0.1) is 26.0 Å². The number of benzene rings is 4. The number of hydrogen-bond acceptors (Lipinski definition) is 6. The summed E-state index contributed by atoms with van der Waals surface area (Å²) in [6.07, 6.45) is 3.16. The third-order valence-corrected chi connectivity index (χ3v) is 6.68. The Bertz CT molecular complexity index is 2140. The molecule has 0 aliphatic carbocycles. The van der Waals surface area contributed by atoms with Crippen LogP contribution in [0.2, 0.25) is 0 Å². The van der Waals surface area contributed by atoms with Gasteiger partial charge in [0.05, 0.1) is 0 Å². The average molecular weight is 909 g/mol. The van der Waals surface area contributed by atoms with E-state index >= 15 is 0 Å². The van der Waals surface area contributed by atoms with Crippen LogP contribution >= 0.6 is 0 Å². The molecule has 0 saturated heterocycles. The molecule has 4 aromatic carbocycles. The summed E-state index contributed by atoms with van der Waals surface area (Å²) in [6.45, 7) is 4.11. The smallest absolute Gasteiger partial charge is 0.138 e. The largest absolute Gasteiger partial charge is 0.462 e. The van der Waals surface area contributed by atoms with Gasteiger partial charge in [0.15, 0.2) is 0 Å². The van der Waals surface area contributed by atoms with E-state index < -0.39 is 0 Å². The molecule has 0 saturated carbocycles. The van der Waals surface area contributed by atoms with Gasteiger partial charge < -0.3 is 8.83 Å². The fourth-order valence-electron chi connectivity index (χ4n) is 4.99. The maximum absolute atomic E-state index is 5.97. The zero-order valence-corrected chi connectivity index (χ0v) is 27.0. The van der Waals surface area contributed by atoms with E-state index in [0.717, 1.165) is 66.6 Å². The number of fused-ring (bicyclic) bond motifs is 6. The molecule has 0 fully saturated rings. The van der Waals surface area contributed by atoms with Crippen LogP contribution in [0.15, 0.2) is 106 Å². The minimum absolute atomic E-state index is 0. The molecule has 8 rings (SSSR count). The summed E-state index contributed by atoms with van der Waals surface area (Å²) < 4.78 is 11.9. The van der Waals surface area contributed by atoms with E-state index in [9.17, 15) is 0 Å². The zero-order chi connectivity index (χ0) is 27.1. The van der Waals surface area contributed by atoms with Gasteiger partial charge in [0, 0.05) is 64.3 Å². The van der Waals surface area contributed by atoms with Gasteiger partial charge >= 0.3 is 0 Å². The molecule has 212 valence electrons. The van der Waals surface area contributed by atoms with Gasteiger partial charge in [-0.3, -0.25) is 9.97 Å². The second-order valence-corrected chi connectivity index (χ2v) is 9.53. The fourth-order valence-corrected chi connectivity index (χ4v) is 4.99.